The number of fused-ring (bicyclic) bond motifs is 1. The van der Waals surface area contributed by atoms with E-state index in [1.165, 1.54) is 29.6 Å². The molecule has 10 heteroatoms. The smallest absolute Gasteiger partial charge is 0.360 e. The molecule has 0 N–H and O–H groups in total. The van der Waals surface area contributed by atoms with Crippen molar-refractivity contribution in [3.8, 4) is 22.8 Å². The van der Waals surface area contributed by atoms with E-state index in [0.717, 1.165) is 0 Å². The lowest BCUT2D eigenvalue weighted by Crippen LogP contribution is -2.38. The first-order chi connectivity index (χ1) is 15.0. The van der Waals surface area contributed by atoms with Gasteiger partial charge in [0.15, 0.2) is 11.5 Å². The Hall–Kier alpha value is -3.53. The van der Waals surface area contributed by atoms with E-state index in [9.17, 15) is 13.2 Å². The summed E-state index contributed by atoms with van der Waals surface area (Å²) in [5.41, 5.74) is 0.869. The molecule has 0 saturated carbocycles. The molecule has 0 spiro atoms. The van der Waals surface area contributed by atoms with Crippen LogP contribution in [0.2, 0.25) is 0 Å². The summed E-state index contributed by atoms with van der Waals surface area (Å²) in [5.74, 6) is 0.271. The maximum absolute atomic E-state index is 13.6. The number of carbonyl (C=O) groups is 1. The number of hydrogen-bond donors (Lipinski definition) is 0. The standard InChI is InChI=1S/C21H20N2O7S/c1-3-28-21(24)15-13-19(30-22-15)14-8-9-18(27-2)20(12-14)31(25,26)23-10-11-29-17-7-5-4-6-16(17)23/h4-9,12-13H,3,10-11H2,1-2H3. The Balaban J connectivity index is 1.76. The highest BCUT2D eigenvalue weighted by atomic mass is 32.2. The van der Waals surface area contributed by atoms with Crippen LogP contribution in [-0.2, 0) is 14.8 Å². The van der Waals surface area contributed by atoms with Crippen LogP contribution in [0, 0.1) is 0 Å². The molecule has 0 fully saturated rings. The van der Waals surface area contributed by atoms with Gasteiger partial charge in [-0.1, -0.05) is 17.3 Å². The van der Waals surface area contributed by atoms with E-state index in [-0.39, 0.29) is 41.9 Å². The van der Waals surface area contributed by atoms with Gasteiger partial charge in [0.05, 0.1) is 25.9 Å². The van der Waals surface area contributed by atoms with E-state index in [4.69, 9.17) is 18.7 Å². The number of para-hydroxylation sites is 2. The van der Waals surface area contributed by atoms with Crippen LogP contribution in [0.15, 0.2) is 57.9 Å². The van der Waals surface area contributed by atoms with Crippen molar-refractivity contribution in [1.29, 1.82) is 0 Å². The zero-order chi connectivity index (χ0) is 22.0. The lowest BCUT2D eigenvalue weighted by molar-refractivity contribution is 0.0514. The van der Waals surface area contributed by atoms with E-state index in [0.29, 0.717) is 17.0 Å². The van der Waals surface area contributed by atoms with Crippen molar-refractivity contribution in [3.63, 3.8) is 0 Å². The van der Waals surface area contributed by atoms with Gasteiger partial charge < -0.3 is 18.7 Å². The van der Waals surface area contributed by atoms with Gasteiger partial charge in [0.25, 0.3) is 10.0 Å². The van der Waals surface area contributed by atoms with Gasteiger partial charge in [-0.25, -0.2) is 13.2 Å². The molecule has 0 atom stereocenters. The van der Waals surface area contributed by atoms with Gasteiger partial charge in [-0.05, 0) is 37.3 Å². The van der Waals surface area contributed by atoms with Crippen molar-refractivity contribution in [1.82, 2.24) is 5.16 Å². The molecule has 3 aromatic rings. The van der Waals surface area contributed by atoms with E-state index >= 15 is 0 Å². The number of carbonyl (C=O) groups excluding carboxylic acids is 1. The van der Waals surface area contributed by atoms with E-state index < -0.39 is 16.0 Å². The van der Waals surface area contributed by atoms with Crippen LogP contribution < -0.4 is 13.8 Å². The number of sulfonamides is 1. The maximum Gasteiger partial charge on any atom is 0.360 e. The number of nitrogens with zero attached hydrogens (tertiary/aromatic N) is 2. The first-order valence-corrected chi connectivity index (χ1v) is 11.0. The summed E-state index contributed by atoms with van der Waals surface area (Å²) in [5, 5.41) is 3.71. The summed E-state index contributed by atoms with van der Waals surface area (Å²) in [7, 11) is -2.59. The summed E-state index contributed by atoms with van der Waals surface area (Å²) >= 11 is 0. The molecule has 0 saturated heterocycles. The molecule has 1 aromatic heterocycles. The molecule has 4 rings (SSSR count). The molecule has 0 bridgehead atoms. The van der Waals surface area contributed by atoms with Crippen molar-refractivity contribution in [2.24, 2.45) is 0 Å². The van der Waals surface area contributed by atoms with Crippen LogP contribution in [-0.4, -0.2) is 46.4 Å². The van der Waals surface area contributed by atoms with Crippen LogP contribution >= 0.6 is 0 Å². The third kappa shape index (κ3) is 3.81. The Kier molecular flexibility index (Phi) is 5.55. The highest BCUT2D eigenvalue weighted by molar-refractivity contribution is 7.93. The summed E-state index contributed by atoms with van der Waals surface area (Å²) in [6, 6.07) is 12.9. The topological polar surface area (TPSA) is 108 Å². The highest BCUT2D eigenvalue weighted by Gasteiger charge is 2.32. The van der Waals surface area contributed by atoms with Gasteiger partial charge in [-0.2, -0.15) is 0 Å². The first kappa shape index (κ1) is 20.7. The second-order valence-corrected chi connectivity index (χ2v) is 8.39. The van der Waals surface area contributed by atoms with Crippen LogP contribution in [0.25, 0.3) is 11.3 Å². The molecule has 0 aliphatic carbocycles. The number of benzene rings is 2. The lowest BCUT2D eigenvalue weighted by Gasteiger charge is -2.30. The summed E-state index contributed by atoms with van der Waals surface area (Å²) in [6.07, 6.45) is 0. The zero-order valence-corrected chi connectivity index (χ0v) is 17.7. The number of anilines is 1. The van der Waals surface area contributed by atoms with Gasteiger partial charge in [0.1, 0.15) is 23.0 Å². The fraction of sp³-hybridized carbons (Fsp3) is 0.238. The molecule has 1 aliphatic heterocycles. The SMILES string of the molecule is CCOC(=O)c1cc(-c2ccc(OC)c(S(=O)(=O)N3CCOc4ccccc43)c2)on1. The average Bonchev–Trinajstić information content (AvgIpc) is 3.29. The van der Waals surface area contributed by atoms with Gasteiger partial charge in [-0.15, -0.1) is 0 Å². The quantitative estimate of drug-likeness (QED) is 0.534. The Bertz CT molecular complexity index is 1220. The van der Waals surface area contributed by atoms with Crippen LogP contribution in [0.5, 0.6) is 11.5 Å². The average molecular weight is 444 g/mol. The minimum absolute atomic E-state index is 0.000758. The summed E-state index contributed by atoms with van der Waals surface area (Å²) < 4.78 is 49.5. The second-order valence-electron chi connectivity index (χ2n) is 6.56. The van der Waals surface area contributed by atoms with E-state index in [2.05, 4.69) is 5.16 Å². The maximum atomic E-state index is 13.6. The number of ether oxygens (including phenoxy) is 3. The van der Waals surface area contributed by atoms with Crippen LogP contribution in [0.1, 0.15) is 17.4 Å². The molecule has 0 unspecified atom stereocenters. The Morgan fingerprint density at radius 1 is 1.19 bits per heavy atom. The number of esters is 1. The first-order valence-electron chi connectivity index (χ1n) is 9.52. The normalized spacial score (nSPS) is 13.3. The molecule has 9 nitrogen and oxygen atoms in total. The predicted octanol–water partition coefficient (Wildman–Crippen LogP) is 3.11. The molecule has 31 heavy (non-hydrogen) atoms. The number of rotatable bonds is 6. The van der Waals surface area contributed by atoms with Crippen molar-refractivity contribution in [2.75, 3.05) is 31.2 Å². The molecule has 2 aromatic carbocycles. The number of aromatic nitrogens is 1. The Morgan fingerprint density at radius 3 is 2.77 bits per heavy atom. The van der Waals surface area contributed by atoms with Crippen molar-refractivity contribution in [2.45, 2.75) is 11.8 Å². The van der Waals surface area contributed by atoms with Gasteiger partial charge in [0, 0.05) is 11.6 Å². The Labute approximate surface area is 179 Å². The third-order valence-electron chi connectivity index (χ3n) is 4.70. The van der Waals surface area contributed by atoms with Crippen molar-refractivity contribution < 1.29 is 31.9 Å². The molecular formula is C21H20N2O7S. The minimum Gasteiger partial charge on any atom is -0.495 e. The molecule has 162 valence electrons. The zero-order valence-electron chi connectivity index (χ0n) is 16.9. The number of hydrogen-bond acceptors (Lipinski definition) is 8. The fourth-order valence-electron chi connectivity index (χ4n) is 3.26. The van der Waals surface area contributed by atoms with E-state index in [1.807, 2.05) is 0 Å². The van der Waals surface area contributed by atoms with Gasteiger partial charge in [-0.3, -0.25) is 4.31 Å². The molecule has 0 radical (unpaired) electrons. The number of methoxy groups -OCH3 is 1. The van der Waals surface area contributed by atoms with Crippen molar-refractivity contribution >= 4 is 21.7 Å². The monoisotopic (exact) mass is 444 g/mol. The van der Waals surface area contributed by atoms with Crippen molar-refractivity contribution in [3.05, 3.63) is 54.2 Å². The molecule has 2 heterocycles. The second kappa shape index (κ2) is 8.31. The van der Waals surface area contributed by atoms with E-state index in [1.54, 1.807) is 37.3 Å². The molecule has 1 aliphatic rings. The predicted molar refractivity (Wildman–Crippen MR) is 111 cm³/mol. The van der Waals surface area contributed by atoms with Crippen LogP contribution in [0.4, 0.5) is 5.69 Å². The summed E-state index contributed by atoms with van der Waals surface area (Å²) in [6.45, 7) is 2.27. The highest BCUT2D eigenvalue weighted by Crippen LogP contribution is 2.38. The molecule has 0 amide bonds. The summed E-state index contributed by atoms with van der Waals surface area (Å²) in [4.78, 5) is 11.8. The Morgan fingerprint density at radius 2 is 2.00 bits per heavy atom. The van der Waals surface area contributed by atoms with Crippen LogP contribution in [0.3, 0.4) is 0 Å². The lowest BCUT2D eigenvalue weighted by atomic mass is 10.1. The van der Waals surface area contributed by atoms with Gasteiger partial charge >= 0.3 is 5.97 Å². The molecular weight excluding hydrogens is 424 g/mol. The van der Waals surface area contributed by atoms with Gasteiger partial charge in [0.2, 0.25) is 0 Å². The third-order valence-corrected chi connectivity index (χ3v) is 6.53. The fourth-order valence-corrected chi connectivity index (χ4v) is 4.90. The largest absolute Gasteiger partial charge is 0.495 e. The minimum atomic E-state index is -3.99.